The van der Waals surface area contributed by atoms with Crippen LogP contribution in [0.2, 0.25) is 0 Å². The number of likely N-dealkylation sites (tertiary alicyclic amines) is 1. The number of esters is 1. The number of benzene rings is 1. The van der Waals surface area contributed by atoms with Gasteiger partial charge in [0.05, 0.1) is 13.7 Å². The molecule has 0 N–H and O–H groups in total. The number of methoxy groups -OCH3 is 1. The average molecular weight is 315 g/mol. The van der Waals surface area contributed by atoms with Gasteiger partial charge in [0.15, 0.2) is 0 Å². The lowest BCUT2D eigenvalue weighted by atomic mass is 9.61. The van der Waals surface area contributed by atoms with Gasteiger partial charge in [-0.15, -0.1) is 0 Å². The maximum atomic E-state index is 12.1. The van der Waals surface area contributed by atoms with E-state index in [0.29, 0.717) is 6.61 Å². The minimum atomic E-state index is -0.236. The first-order chi connectivity index (χ1) is 11.0. The molecule has 1 aliphatic carbocycles. The van der Waals surface area contributed by atoms with E-state index in [9.17, 15) is 4.79 Å². The molecule has 1 fully saturated rings. The van der Waals surface area contributed by atoms with Crippen molar-refractivity contribution in [3.05, 3.63) is 41.0 Å². The highest BCUT2D eigenvalue weighted by Gasteiger charge is 2.46. The van der Waals surface area contributed by atoms with Crippen LogP contribution in [0.3, 0.4) is 0 Å². The standard InChI is InChI=1S/C19H25NO3/c1-5-23-18(21)12-16-17-10-13-6-7-14(22-4)11-15(13)19(16,2)8-9-20(17)3/h6-7,11-12,17H,5,8-10H2,1-4H3/b16-12+/t17?,19-/m1/s1. The predicted molar refractivity (Wildman–Crippen MR) is 89.8 cm³/mol. The van der Waals surface area contributed by atoms with Gasteiger partial charge in [-0.05, 0) is 62.2 Å². The van der Waals surface area contributed by atoms with Crippen LogP contribution in [-0.2, 0) is 21.4 Å². The number of fused-ring (bicyclic) bond motifs is 4. The molecule has 0 amide bonds. The van der Waals surface area contributed by atoms with E-state index in [2.05, 4.69) is 31.0 Å². The molecule has 4 nitrogen and oxygen atoms in total. The Morgan fingerprint density at radius 3 is 2.96 bits per heavy atom. The molecule has 1 unspecified atom stereocenters. The summed E-state index contributed by atoms with van der Waals surface area (Å²) in [6.45, 7) is 5.52. The molecule has 3 rings (SSSR count). The van der Waals surface area contributed by atoms with E-state index in [4.69, 9.17) is 9.47 Å². The third-order valence-corrected chi connectivity index (χ3v) is 5.38. The van der Waals surface area contributed by atoms with Crippen molar-refractivity contribution in [1.29, 1.82) is 0 Å². The molecule has 1 aromatic rings. The lowest BCUT2D eigenvalue weighted by molar-refractivity contribution is -0.137. The third-order valence-electron chi connectivity index (χ3n) is 5.38. The Hall–Kier alpha value is -1.81. The number of rotatable bonds is 3. The van der Waals surface area contributed by atoms with Crippen molar-refractivity contribution in [1.82, 2.24) is 4.90 Å². The summed E-state index contributed by atoms with van der Waals surface area (Å²) in [6.07, 6.45) is 3.65. The molecule has 1 saturated heterocycles. The Kier molecular flexibility index (Phi) is 4.19. The summed E-state index contributed by atoms with van der Waals surface area (Å²) in [5, 5.41) is 0. The quantitative estimate of drug-likeness (QED) is 0.635. The van der Waals surface area contributed by atoms with Crippen LogP contribution in [0.1, 0.15) is 31.4 Å². The smallest absolute Gasteiger partial charge is 0.330 e. The minimum Gasteiger partial charge on any atom is -0.497 e. The molecule has 1 heterocycles. The molecule has 1 aliphatic heterocycles. The van der Waals surface area contributed by atoms with E-state index in [1.54, 1.807) is 13.2 Å². The Labute approximate surface area is 138 Å². The molecule has 23 heavy (non-hydrogen) atoms. The van der Waals surface area contributed by atoms with Gasteiger partial charge in [-0.25, -0.2) is 4.79 Å². The monoisotopic (exact) mass is 315 g/mol. The largest absolute Gasteiger partial charge is 0.497 e. The van der Waals surface area contributed by atoms with Crippen molar-refractivity contribution in [3.63, 3.8) is 0 Å². The lowest BCUT2D eigenvalue weighted by Crippen LogP contribution is -2.52. The number of carbonyl (C=O) groups is 1. The molecule has 4 heteroatoms. The number of piperidine rings is 1. The first-order valence-electron chi connectivity index (χ1n) is 8.26. The topological polar surface area (TPSA) is 38.8 Å². The van der Waals surface area contributed by atoms with Crippen LogP contribution in [-0.4, -0.2) is 44.2 Å². The van der Waals surface area contributed by atoms with E-state index in [-0.39, 0.29) is 17.4 Å². The van der Waals surface area contributed by atoms with Crippen molar-refractivity contribution in [2.75, 3.05) is 27.3 Å². The van der Waals surface area contributed by atoms with Crippen molar-refractivity contribution in [3.8, 4) is 5.75 Å². The third kappa shape index (κ3) is 2.65. The summed E-state index contributed by atoms with van der Waals surface area (Å²) in [6, 6.07) is 6.59. The number of hydrogen-bond acceptors (Lipinski definition) is 4. The van der Waals surface area contributed by atoms with E-state index in [1.807, 2.05) is 13.0 Å². The normalized spacial score (nSPS) is 28.3. The molecule has 1 aromatic carbocycles. The summed E-state index contributed by atoms with van der Waals surface area (Å²) in [7, 11) is 3.83. The fourth-order valence-electron chi connectivity index (χ4n) is 4.01. The van der Waals surface area contributed by atoms with Gasteiger partial charge < -0.3 is 9.47 Å². The highest BCUT2D eigenvalue weighted by Crippen LogP contribution is 2.48. The SMILES string of the molecule is CCOC(=O)/C=C1\C2Cc3ccc(OC)cc3[C@@]1(C)CCN2C. The zero-order chi connectivity index (χ0) is 16.6. The molecule has 2 aliphatic rings. The minimum absolute atomic E-state index is 0.133. The van der Waals surface area contributed by atoms with Crippen LogP contribution in [0.5, 0.6) is 5.75 Å². The van der Waals surface area contributed by atoms with Gasteiger partial charge in [-0.3, -0.25) is 4.90 Å². The van der Waals surface area contributed by atoms with Gasteiger partial charge in [0, 0.05) is 17.5 Å². The number of nitrogens with zero attached hydrogens (tertiary/aromatic N) is 1. The summed E-state index contributed by atoms with van der Waals surface area (Å²) in [5.74, 6) is 0.637. The Morgan fingerprint density at radius 2 is 2.26 bits per heavy atom. The molecule has 0 spiro atoms. The summed E-state index contributed by atoms with van der Waals surface area (Å²) < 4.78 is 10.6. The number of likely N-dealkylation sites (N-methyl/N-ethyl adjacent to an activating group) is 1. The van der Waals surface area contributed by atoms with E-state index >= 15 is 0 Å². The fourth-order valence-corrected chi connectivity index (χ4v) is 4.01. The predicted octanol–water partition coefficient (Wildman–Crippen LogP) is 2.70. The van der Waals surface area contributed by atoms with Crippen molar-refractivity contribution in [2.24, 2.45) is 0 Å². The number of carbonyl (C=O) groups excluding carboxylic acids is 1. The van der Waals surface area contributed by atoms with Gasteiger partial charge in [0.25, 0.3) is 0 Å². The van der Waals surface area contributed by atoms with Gasteiger partial charge in [-0.2, -0.15) is 0 Å². The van der Waals surface area contributed by atoms with Crippen LogP contribution in [0.15, 0.2) is 29.8 Å². The highest BCUT2D eigenvalue weighted by atomic mass is 16.5. The molecule has 2 bridgehead atoms. The molecule has 0 radical (unpaired) electrons. The molecule has 0 saturated carbocycles. The maximum absolute atomic E-state index is 12.1. The second kappa shape index (κ2) is 6.00. The second-order valence-electron chi connectivity index (χ2n) is 6.66. The van der Waals surface area contributed by atoms with Crippen molar-refractivity contribution in [2.45, 2.75) is 38.1 Å². The summed E-state index contributed by atoms with van der Waals surface area (Å²) in [4.78, 5) is 14.4. The number of hydrogen-bond donors (Lipinski definition) is 0. The Morgan fingerprint density at radius 1 is 1.48 bits per heavy atom. The Balaban J connectivity index is 2.11. The van der Waals surface area contributed by atoms with E-state index < -0.39 is 0 Å². The van der Waals surface area contributed by atoms with E-state index in [0.717, 1.165) is 25.1 Å². The van der Waals surface area contributed by atoms with Crippen molar-refractivity contribution >= 4 is 5.97 Å². The van der Waals surface area contributed by atoms with Crippen LogP contribution < -0.4 is 4.74 Å². The average Bonchev–Trinajstić information content (AvgIpc) is 2.54. The molecular weight excluding hydrogens is 290 g/mol. The fraction of sp³-hybridized carbons (Fsp3) is 0.526. The maximum Gasteiger partial charge on any atom is 0.330 e. The van der Waals surface area contributed by atoms with Gasteiger partial charge in [0.1, 0.15) is 5.75 Å². The highest BCUT2D eigenvalue weighted by molar-refractivity contribution is 5.84. The molecule has 124 valence electrons. The van der Waals surface area contributed by atoms with E-state index in [1.165, 1.54) is 16.7 Å². The second-order valence-corrected chi connectivity index (χ2v) is 6.66. The van der Waals surface area contributed by atoms with Crippen molar-refractivity contribution < 1.29 is 14.3 Å². The van der Waals surface area contributed by atoms with Gasteiger partial charge >= 0.3 is 5.97 Å². The first kappa shape index (κ1) is 16.1. The zero-order valence-corrected chi connectivity index (χ0v) is 14.4. The van der Waals surface area contributed by atoms with Crippen LogP contribution in [0.4, 0.5) is 0 Å². The molecule has 0 aromatic heterocycles. The molecule has 2 atom stereocenters. The Bertz CT molecular complexity index is 652. The first-order valence-corrected chi connectivity index (χ1v) is 8.26. The van der Waals surface area contributed by atoms with Crippen LogP contribution in [0.25, 0.3) is 0 Å². The lowest BCUT2D eigenvalue weighted by Gasteiger charge is -2.51. The van der Waals surface area contributed by atoms with Crippen LogP contribution >= 0.6 is 0 Å². The summed E-state index contributed by atoms with van der Waals surface area (Å²) >= 11 is 0. The van der Waals surface area contributed by atoms with Gasteiger partial charge in [0.2, 0.25) is 0 Å². The number of ether oxygens (including phenoxy) is 2. The molecular formula is C19H25NO3. The van der Waals surface area contributed by atoms with Gasteiger partial charge in [-0.1, -0.05) is 13.0 Å². The summed E-state index contributed by atoms with van der Waals surface area (Å²) in [5.41, 5.74) is 3.68. The zero-order valence-electron chi connectivity index (χ0n) is 14.4. The van der Waals surface area contributed by atoms with Crippen LogP contribution in [0, 0.1) is 0 Å².